The SMILES string of the molecule is O=[N+]([O-])c1ccc(NCCNc2ncc(-c3ccc(F)cc3)cn2)nc1. The van der Waals surface area contributed by atoms with Crippen LogP contribution in [0.15, 0.2) is 55.0 Å². The van der Waals surface area contributed by atoms with E-state index in [2.05, 4.69) is 25.6 Å². The fourth-order valence-corrected chi connectivity index (χ4v) is 2.17. The second kappa shape index (κ2) is 7.97. The molecule has 0 bridgehead atoms. The Morgan fingerprint density at radius 2 is 1.58 bits per heavy atom. The van der Waals surface area contributed by atoms with Crippen LogP contribution < -0.4 is 10.6 Å². The van der Waals surface area contributed by atoms with Gasteiger partial charge in [-0.05, 0) is 23.8 Å². The number of pyridine rings is 1. The molecule has 2 N–H and O–H groups in total. The third kappa shape index (κ3) is 4.47. The summed E-state index contributed by atoms with van der Waals surface area (Å²) < 4.78 is 12.9. The van der Waals surface area contributed by atoms with E-state index in [1.165, 1.54) is 24.4 Å². The average Bonchev–Trinajstić information content (AvgIpc) is 2.67. The maximum Gasteiger partial charge on any atom is 0.287 e. The standard InChI is InChI=1S/C17H15FN6O2/c18-14-3-1-12(2-4-14)13-9-22-17(23-10-13)20-8-7-19-16-6-5-15(11-21-16)24(25)26/h1-6,9-11H,7-8H2,(H,19,21)(H,20,22,23). The molecular weight excluding hydrogens is 339 g/mol. The third-order valence-electron chi connectivity index (χ3n) is 3.50. The highest BCUT2D eigenvalue weighted by molar-refractivity contribution is 5.61. The number of nitro groups is 1. The Morgan fingerprint density at radius 1 is 0.885 bits per heavy atom. The molecular formula is C17H15FN6O2. The lowest BCUT2D eigenvalue weighted by Gasteiger charge is -2.07. The lowest BCUT2D eigenvalue weighted by Crippen LogP contribution is -2.15. The number of rotatable bonds is 7. The van der Waals surface area contributed by atoms with E-state index in [0.29, 0.717) is 24.9 Å². The number of anilines is 2. The molecule has 0 spiro atoms. The molecule has 132 valence electrons. The van der Waals surface area contributed by atoms with E-state index in [0.717, 1.165) is 11.1 Å². The van der Waals surface area contributed by atoms with Crippen molar-refractivity contribution in [2.45, 2.75) is 0 Å². The zero-order valence-electron chi connectivity index (χ0n) is 13.6. The van der Waals surface area contributed by atoms with Crippen LogP contribution in [-0.4, -0.2) is 33.0 Å². The summed E-state index contributed by atoms with van der Waals surface area (Å²) in [4.78, 5) is 22.5. The number of halogens is 1. The minimum Gasteiger partial charge on any atom is -0.368 e. The quantitative estimate of drug-likeness (QED) is 0.381. The van der Waals surface area contributed by atoms with Gasteiger partial charge in [0, 0.05) is 37.1 Å². The zero-order valence-corrected chi connectivity index (χ0v) is 13.6. The first kappa shape index (κ1) is 17.2. The average molecular weight is 354 g/mol. The Kier molecular flexibility index (Phi) is 5.28. The van der Waals surface area contributed by atoms with Crippen LogP contribution in [0.5, 0.6) is 0 Å². The van der Waals surface area contributed by atoms with Gasteiger partial charge in [-0.25, -0.2) is 19.3 Å². The van der Waals surface area contributed by atoms with Crippen LogP contribution in [0, 0.1) is 15.9 Å². The Bertz CT molecular complexity index is 869. The number of aromatic nitrogens is 3. The van der Waals surface area contributed by atoms with Crippen molar-refractivity contribution in [2.75, 3.05) is 23.7 Å². The summed E-state index contributed by atoms with van der Waals surface area (Å²) in [6, 6.07) is 9.05. The molecule has 0 radical (unpaired) electrons. The van der Waals surface area contributed by atoms with Gasteiger partial charge in [-0.3, -0.25) is 10.1 Å². The second-order valence-corrected chi connectivity index (χ2v) is 5.31. The predicted molar refractivity (Wildman–Crippen MR) is 95.3 cm³/mol. The molecule has 2 heterocycles. The van der Waals surface area contributed by atoms with Crippen LogP contribution in [-0.2, 0) is 0 Å². The lowest BCUT2D eigenvalue weighted by atomic mass is 10.1. The van der Waals surface area contributed by atoms with Gasteiger partial charge in [-0.1, -0.05) is 12.1 Å². The zero-order chi connectivity index (χ0) is 18.4. The number of nitrogens with one attached hydrogen (secondary N) is 2. The molecule has 0 fully saturated rings. The molecule has 0 saturated heterocycles. The monoisotopic (exact) mass is 354 g/mol. The maximum atomic E-state index is 12.9. The van der Waals surface area contributed by atoms with Crippen LogP contribution >= 0.6 is 0 Å². The fraction of sp³-hybridized carbons (Fsp3) is 0.118. The van der Waals surface area contributed by atoms with E-state index in [-0.39, 0.29) is 11.5 Å². The molecule has 0 atom stereocenters. The van der Waals surface area contributed by atoms with Gasteiger partial charge in [0.15, 0.2) is 0 Å². The van der Waals surface area contributed by atoms with E-state index in [9.17, 15) is 14.5 Å². The van der Waals surface area contributed by atoms with Gasteiger partial charge < -0.3 is 10.6 Å². The molecule has 1 aromatic carbocycles. The Hall–Kier alpha value is -3.62. The van der Waals surface area contributed by atoms with Crippen LogP contribution in [0.2, 0.25) is 0 Å². The Labute approximate surface area is 148 Å². The van der Waals surface area contributed by atoms with Crippen molar-refractivity contribution >= 4 is 17.5 Å². The van der Waals surface area contributed by atoms with E-state index in [1.54, 1.807) is 30.6 Å². The van der Waals surface area contributed by atoms with Crippen molar-refractivity contribution in [3.05, 3.63) is 70.9 Å². The predicted octanol–water partition coefficient (Wildman–Crippen LogP) is 3.11. The van der Waals surface area contributed by atoms with E-state index < -0.39 is 4.92 Å². The van der Waals surface area contributed by atoms with Crippen molar-refractivity contribution in [1.29, 1.82) is 0 Å². The van der Waals surface area contributed by atoms with E-state index >= 15 is 0 Å². The van der Waals surface area contributed by atoms with Gasteiger partial charge in [-0.15, -0.1) is 0 Å². The third-order valence-corrected chi connectivity index (χ3v) is 3.50. The molecule has 3 aromatic rings. The molecule has 3 rings (SSSR count). The van der Waals surface area contributed by atoms with Crippen LogP contribution in [0.4, 0.5) is 21.8 Å². The molecule has 2 aromatic heterocycles. The summed E-state index contributed by atoms with van der Waals surface area (Å²) in [7, 11) is 0. The summed E-state index contributed by atoms with van der Waals surface area (Å²) >= 11 is 0. The van der Waals surface area contributed by atoms with Crippen molar-refractivity contribution in [1.82, 2.24) is 15.0 Å². The maximum absolute atomic E-state index is 12.9. The number of nitrogens with zero attached hydrogens (tertiary/aromatic N) is 4. The largest absolute Gasteiger partial charge is 0.368 e. The first-order valence-electron chi connectivity index (χ1n) is 7.78. The first-order chi connectivity index (χ1) is 12.6. The fourth-order valence-electron chi connectivity index (χ4n) is 2.17. The van der Waals surface area contributed by atoms with Crippen molar-refractivity contribution in [3.63, 3.8) is 0 Å². The van der Waals surface area contributed by atoms with Gasteiger partial charge in [0.05, 0.1) is 4.92 Å². The van der Waals surface area contributed by atoms with Crippen molar-refractivity contribution in [3.8, 4) is 11.1 Å². The van der Waals surface area contributed by atoms with Gasteiger partial charge >= 0.3 is 0 Å². The second-order valence-electron chi connectivity index (χ2n) is 5.31. The smallest absolute Gasteiger partial charge is 0.287 e. The first-order valence-corrected chi connectivity index (χ1v) is 7.78. The Balaban J connectivity index is 1.47. The molecule has 9 heteroatoms. The van der Waals surface area contributed by atoms with Gasteiger partial charge in [0.2, 0.25) is 5.95 Å². The number of hydrogen-bond acceptors (Lipinski definition) is 7. The number of hydrogen-bond donors (Lipinski definition) is 2. The van der Waals surface area contributed by atoms with Gasteiger partial charge in [0.25, 0.3) is 5.69 Å². The Morgan fingerprint density at radius 3 is 2.19 bits per heavy atom. The molecule has 0 saturated carbocycles. The minimum absolute atomic E-state index is 0.0525. The number of benzene rings is 1. The molecule has 0 amide bonds. The molecule has 0 aliphatic carbocycles. The molecule has 8 nitrogen and oxygen atoms in total. The highest BCUT2D eigenvalue weighted by atomic mass is 19.1. The van der Waals surface area contributed by atoms with Gasteiger partial charge in [-0.2, -0.15) is 0 Å². The lowest BCUT2D eigenvalue weighted by molar-refractivity contribution is -0.385. The summed E-state index contributed by atoms with van der Waals surface area (Å²) in [5, 5.41) is 16.7. The summed E-state index contributed by atoms with van der Waals surface area (Å²) in [5.74, 6) is 0.724. The van der Waals surface area contributed by atoms with E-state index in [4.69, 9.17) is 0 Å². The molecule has 0 aliphatic rings. The van der Waals surface area contributed by atoms with Crippen LogP contribution in [0.1, 0.15) is 0 Å². The van der Waals surface area contributed by atoms with Crippen molar-refractivity contribution < 1.29 is 9.31 Å². The minimum atomic E-state index is -0.495. The summed E-state index contributed by atoms with van der Waals surface area (Å²) in [6.45, 7) is 1.07. The van der Waals surface area contributed by atoms with E-state index in [1.807, 2.05) is 0 Å². The molecule has 0 unspecified atom stereocenters. The van der Waals surface area contributed by atoms with Crippen LogP contribution in [0.25, 0.3) is 11.1 Å². The topological polar surface area (TPSA) is 106 Å². The summed E-state index contributed by atoms with van der Waals surface area (Å²) in [5.41, 5.74) is 1.58. The highest BCUT2D eigenvalue weighted by Crippen LogP contribution is 2.18. The summed E-state index contributed by atoms with van der Waals surface area (Å²) in [6.07, 6.45) is 4.52. The van der Waals surface area contributed by atoms with Crippen LogP contribution in [0.3, 0.4) is 0 Å². The van der Waals surface area contributed by atoms with Crippen molar-refractivity contribution in [2.24, 2.45) is 0 Å². The molecule has 26 heavy (non-hydrogen) atoms. The normalized spacial score (nSPS) is 10.3. The highest BCUT2D eigenvalue weighted by Gasteiger charge is 2.05. The van der Waals surface area contributed by atoms with Gasteiger partial charge in [0.1, 0.15) is 17.8 Å². The molecule has 0 aliphatic heterocycles.